The maximum atomic E-state index is 11.8. The first-order chi connectivity index (χ1) is 9.04. The van der Waals surface area contributed by atoms with Gasteiger partial charge in [0, 0.05) is 16.4 Å². The normalized spacial score (nSPS) is 10.1. The van der Waals surface area contributed by atoms with E-state index >= 15 is 0 Å². The summed E-state index contributed by atoms with van der Waals surface area (Å²) in [7, 11) is 0. The molecule has 2 rings (SSSR count). The van der Waals surface area contributed by atoms with Gasteiger partial charge in [0.05, 0.1) is 0 Å². The average molecular weight is 275 g/mol. The van der Waals surface area contributed by atoms with Gasteiger partial charge < -0.3 is 10.6 Å². The maximum Gasteiger partial charge on any atom is 0.323 e. The molecule has 19 heavy (non-hydrogen) atoms. The molecule has 0 bridgehead atoms. The van der Waals surface area contributed by atoms with E-state index in [1.165, 1.54) is 0 Å². The van der Waals surface area contributed by atoms with E-state index in [1.54, 1.807) is 6.07 Å². The van der Waals surface area contributed by atoms with Crippen LogP contribution >= 0.6 is 11.6 Å². The van der Waals surface area contributed by atoms with Crippen molar-refractivity contribution in [2.24, 2.45) is 0 Å². The number of amides is 2. The van der Waals surface area contributed by atoms with Crippen molar-refractivity contribution >= 4 is 29.0 Å². The summed E-state index contributed by atoms with van der Waals surface area (Å²) in [5, 5.41) is 6.13. The molecule has 0 atom stereocenters. The number of halogens is 1. The van der Waals surface area contributed by atoms with Gasteiger partial charge in [0.15, 0.2) is 0 Å². The van der Waals surface area contributed by atoms with Crippen molar-refractivity contribution < 1.29 is 4.79 Å². The number of rotatable bonds is 2. The van der Waals surface area contributed by atoms with Crippen LogP contribution in [-0.4, -0.2) is 6.03 Å². The highest BCUT2D eigenvalue weighted by Crippen LogP contribution is 2.20. The molecule has 0 aliphatic heterocycles. The lowest BCUT2D eigenvalue weighted by atomic mass is 10.2. The van der Waals surface area contributed by atoms with Crippen molar-refractivity contribution in [1.29, 1.82) is 0 Å². The number of benzene rings is 2. The van der Waals surface area contributed by atoms with E-state index < -0.39 is 0 Å². The smallest absolute Gasteiger partial charge is 0.308 e. The molecule has 2 aromatic carbocycles. The molecule has 0 heterocycles. The van der Waals surface area contributed by atoms with E-state index in [0.717, 1.165) is 16.8 Å². The molecule has 0 saturated carbocycles. The van der Waals surface area contributed by atoms with E-state index in [-0.39, 0.29) is 6.03 Å². The number of hydrogen-bond donors (Lipinski definition) is 2. The largest absolute Gasteiger partial charge is 0.323 e. The van der Waals surface area contributed by atoms with Crippen molar-refractivity contribution in [1.82, 2.24) is 0 Å². The Hall–Kier alpha value is -2.00. The molecule has 0 fully saturated rings. The predicted molar refractivity (Wildman–Crippen MR) is 80.0 cm³/mol. The minimum absolute atomic E-state index is 0.288. The zero-order valence-electron chi connectivity index (χ0n) is 10.8. The van der Waals surface area contributed by atoms with Crippen LogP contribution in [0, 0.1) is 13.8 Å². The van der Waals surface area contributed by atoms with Gasteiger partial charge in [-0.2, -0.15) is 0 Å². The summed E-state index contributed by atoms with van der Waals surface area (Å²) in [6.07, 6.45) is 0. The molecule has 0 aliphatic carbocycles. The second-order valence-corrected chi connectivity index (χ2v) is 4.82. The van der Waals surface area contributed by atoms with Gasteiger partial charge in [-0.3, -0.25) is 0 Å². The van der Waals surface area contributed by atoms with Gasteiger partial charge in [-0.15, -0.1) is 0 Å². The van der Waals surface area contributed by atoms with Gasteiger partial charge >= 0.3 is 6.03 Å². The first kappa shape index (κ1) is 13.4. The van der Waals surface area contributed by atoms with Gasteiger partial charge in [0.25, 0.3) is 0 Å². The van der Waals surface area contributed by atoms with Crippen LogP contribution in [-0.2, 0) is 0 Å². The molecule has 3 nitrogen and oxygen atoms in total. The van der Waals surface area contributed by atoms with E-state index in [2.05, 4.69) is 10.6 Å². The lowest BCUT2D eigenvalue weighted by Gasteiger charge is -2.09. The van der Waals surface area contributed by atoms with Crippen LogP contribution in [0.15, 0.2) is 42.5 Å². The Morgan fingerprint density at radius 3 is 2.16 bits per heavy atom. The molecular formula is C15H15ClN2O. The van der Waals surface area contributed by atoms with Crippen LogP contribution in [0.2, 0.25) is 5.02 Å². The Bertz CT molecular complexity index is 594. The molecule has 2 N–H and O–H groups in total. The molecule has 98 valence electrons. The molecule has 0 saturated heterocycles. The zero-order valence-corrected chi connectivity index (χ0v) is 11.6. The Morgan fingerprint density at radius 2 is 1.53 bits per heavy atom. The van der Waals surface area contributed by atoms with Crippen LogP contribution < -0.4 is 10.6 Å². The second kappa shape index (κ2) is 5.76. The van der Waals surface area contributed by atoms with Crippen molar-refractivity contribution in [3.8, 4) is 0 Å². The van der Waals surface area contributed by atoms with Crippen LogP contribution in [0.1, 0.15) is 11.1 Å². The van der Waals surface area contributed by atoms with Gasteiger partial charge in [-0.25, -0.2) is 4.79 Å². The second-order valence-electron chi connectivity index (χ2n) is 4.41. The monoisotopic (exact) mass is 274 g/mol. The summed E-state index contributed by atoms with van der Waals surface area (Å²) in [6.45, 7) is 3.91. The number of hydrogen-bond acceptors (Lipinski definition) is 1. The molecule has 0 radical (unpaired) electrons. The quantitative estimate of drug-likeness (QED) is 0.825. The topological polar surface area (TPSA) is 41.1 Å². The Labute approximate surface area is 117 Å². The summed E-state index contributed by atoms with van der Waals surface area (Å²) in [5.41, 5.74) is 3.55. The van der Waals surface area contributed by atoms with Crippen LogP contribution in [0.5, 0.6) is 0 Å². The number of anilines is 2. The number of carbonyl (C=O) groups is 1. The summed E-state index contributed by atoms with van der Waals surface area (Å²) < 4.78 is 0. The van der Waals surface area contributed by atoms with Crippen LogP contribution in [0.3, 0.4) is 0 Å². The Morgan fingerprint density at radius 1 is 0.947 bits per heavy atom. The average Bonchev–Trinajstić information content (AvgIpc) is 2.37. The SMILES string of the molecule is Cc1ccc(NC(=O)Nc2ccc(C)c(Cl)c2)cc1. The molecular weight excluding hydrogens is 260 g/mol. The predicted octanol–water partition coefficient (Wildman–Crippen LogP) is 4.60. The third-order valence-corrected chi connectivity index (χ3v) is 3.15. The molecule has 0 unspecified atom stereocenters. The molecule has 0 aromatic heterocycles. The zero-order chi connectivity index (χ0) is 13.8. The molecule has 0 spiro atoms. The lowest BCUT2D eigenvalue weighted by Crippen LogP contribution is -2.19. The van der Waals surface area contributed by atoms with Gasteiger partial charge in [0.1, 0.15) is 0 Å². The Balaban J connectivity index is 2.01. The fraction of sp³-hybridized carbons (Fsp3) is 0.133. The first-order valence-corrected chi connectivity index (χ1v) is 6.33. The van der Waals surface area contributed by atoms with Gasteiger partial charge in [-0.05, 0) is 43.7 Å². The highest BCUT2D eigenvalue weighted by atomic mass is 35.5. The van der Waals surface area contributed by atoms with Crippen molar-refractivity contribution in [2.45, 2.75) is 13.8 Å². The number of carbonyl (C=O) groups excluding carboxylic acids is 1. The summed E-state index contributed by atoms with van der Waals surface area (Å²) >= 11 is 6.00. The van der Waals surface area contributed by atoms with E-state index in [4.69, 9.17) is 11.6 Å². The minimum Gasteiger partial charge on any atom is -0.308 e. The van der Waals surface area contributed by atoms with Gasteiger partial charge in [-0.1, -0.05) is 35.4 Å². The highest BCUT2D eigenvalue weighted by molar-refractivity contribution is 6.31. The van der Waals surface area contributed by atoms with Crippen molar-refractivity contribution in [3.05, 3.63) is 58.6 Å². The third-order valence-electron chi connectivity index (χ3n) is 2.74. The molecule has 2 aromatic rings. The minimum atomic E-state index is -0.288. The fourth-order valence-corrected chi connectivity index (χ4v) is 1.78. The van der Waals surface area contributed by atoms with E-state index in [0.29, 0.717) is 10.7 Å². The molecule has 2 amide bonds. The lowest BCUT2D eigenvalue weighted by molar-refractivity contribution is 0.262. The number of nitrogens with one attached hydrogen (secondary N) is 2. The standard InChI is InChI=1S/C15H15ClN2O/c1-10-3-6-12(7-4-10)17-15(19)18-13-8-5-11(2)14(16)9-13/h3-9H,1-2H3,(H2,17,18,19). The summed E-state index contributed by atoms with van der Waals surface area (Å²) in [5.74, 6) is 0. The van der Waals surface area contributed by atoms with E-state index in [1.807, 2.05) is 50.2 Å². The molecule has 0 aliphatic rings. The number of aryl methyl sites for hydroxylation is 2. The Kier molecular flexibility index (Phi) is 4.07. The maximum absolute atomic E-state index is 11.8. The van der Waals surface area contributed by atoms with Crippen LogP contribution in [0.25, 0.3) is 0 Å². The first-order valence-electron chi connectivity index (χ1n) is 5.95. The van der Waals surface area contributed by atoms with E-state index in [9.17, 15) is 4.79 Å². The van der Waals surface area contributed by atoms with Crippen molar-refractivity contribution in [3.63, 3.8) is 0 Å². The van der Waals surface area contributed by atoms with Crippen molar-refractivity contribution in [2.75, 3.05) is 10.6 Å². The molecule has 4 heteroatoms. The van der Waals surface area contributed by atoms with Gasteiger partial charge in [0.2, 0.25) is 0 Å². The number of urea groups is 1. The van der Waals surface area contributed by atoms with Crippen LogP contribution in [0.4, 0.5) is 16.2 Å². The fourth-order valence-electron chi connectivity index (χ4n) is 1.60. The highest BCUT2D eigenvalue weighted by Gasteiger charge is 2.04. The third kappa shape index (κ3) is 3.73. The summed E-state index contributed by atoms with van der Waals surface area (Å²) in [6, 6.07) is 12.7. The summed E-state index contributed by atoms with van der Waals surface area (Å²) in [4.78, 5) is 11.8.